The van der Waals surface area contributed by atoms with Crippen LogP contribution in [0.2, 0.25) is 0 Å². The number of halogens is 6. The van der Waals surface area contributed by atoms with Crippen molar-refractivity contribution in [3.8, 4) is 0 Å². The molecule has 0 spiro atoms. The van der Waals surface area contributed by atoms with E-state index in [0.717, 1.165) is 149 Å². The van der Waals surface area contributed by atoms with Crippen LogP contribution in [0.5, 0.6) is 0 Å². The Kier molecular flexibility index (Phi) is 42.0. The van der Waals surface area contributed by atoms with Gasteiger partial charge in [0.05, 0.1) is 189 Å². The number of fused-ring (bicyclic) bond motifs is 6. The van der Waals surface area contributed by atoms with Crippen molar-refractivity contribution in [2.24, 2.45) is 0 Å². The number of carbonyl (C=O) groups is 4. The molecule has 1 aliphatic rings. The summed E-state index contributed by atoms with van der Waals surface area (Å²) in [7, 11) is -3.39. The van der Waals surface area contributed by atoms with E-state index in [1.807, 2.05) is 156 Å². The number of nitrogens with zero attached hydrogens (tertiary/aromatic N) is 17. The van der Waals surface area contributed by atoms with E-state index in [9.17, 15) is 32.7 Å². The van der Waals surface area contributed by atoms with E-state index < -0.39 is 10.1 Å². The number of nitrogens with one attached hydrogen (secondary N) is 1. The first-order valence-corrected chi connectivity index (χ1v) is 49.2. The number of esters is 3. The van der Waals surface area contributed by atoms with Crippen LogP contribution in [0.15, 0.2) is 246 Å². The zero-order valence-electron chi connectivity index (χ0n) is 77.1. The van der Waals surface area contributed by atoms with Crippen LogP contribution in [0.4, 0.5) is 35.7 Å². The van der Waals surface area contributed by atoms with Gasteiger partial charge in [-0.2, -0.15) is 8.42 Å². The SMILES string of the molecule is C1CCOC1.CCOC(=O)c1ccc2c(c1)nc(N)n2Cc1cccc(Br)n1.CCOC(=O)c1ccc2nc(N)[nH]c2c1.CCOC(=O)c1ccc2nc(N)n(Cc3cccc(Br)n3)c2c1.CS(=O)(=O)OCc1cccc(Br)n1.Nc1nc2cc(CO)ccc2n1Cc1cccc(Br)n1.Nc1nc2ccc(C=O)cc2n1Cc1cccc(Br)n1.Nc1nc2ccc(CO)cc2n1Cc1cccc(Br)n1.[AlH3].[H-].[Li+]. The Morgan fingerprint density at radius 1 is 0.397 bits per heavy atom. The summed E-state index contributed by atoms with van der Waals surface area (Å²) >= 11 is 19.9. The monoisotopic (exact) mass is 2320 g/mol. The van der Waals surface area contributed by atoms with Gasteiger partial charge in [-0.3, -0.25) is 8.98 Å². The Hall–Kier alpha value is -12.3. The Bertz CT molecular complexity index is 7500. The smallest absolute Gasteiger partial charge is 1.00 e. The fraction of sp³-hybridized carbons (Fsp3) is 0.200. The molecule has 18 aromatic rings. The molecule has 1 saturated heterocycles. The van der Waals surface area contributed by atoms with Gasteiger partial charge in [0, 0.05) is 18.8 Å². The first-order valence-electron chi connectivity index (χ1n) is 42.7. The van der Waals surface area contributed by atoms with Crippen molar-refractivity contribution >= 4 is 249 Å². The van der Waals surface area contributed by atoms with Crippen molar-refractivity contribution < 1.29 is 81.2 Å². The Balaban J connectivity index is 0.000000184. The van der Waals surface area contributed by atoms with E-state index in [4.69, 9.17) is 58.5 Å². The molecule has 0 radical (unpaired) electrons. The number of aliphatic hydroxyl groups excluding tert-OH is 2. The van der Waals surface area contributed by atoms with E-state index in [1.54, 1.807) is 106 Å². The molecule has 0 saturated carbocycles. The second-order valence-electron chi connectivity index (χ2n) is 30.0. The van der Waals surface area contributed by atoms with E-state index in [2.05, 4.69) is 165 Å². The third kappa shape index (κ3) is 31.9. The molecule has 19 rings (SSSR count). The molecule has 46 heteroatoms. The summed E-state index contributed by atoms with van der Waals surface area (Å²) in [6, 6.07) is 65.8. The zero-order valence-corrected chi connectivity index (χ0v) is 86.4. The van der Waals surface area contributed by atoms with Crippen LogP contribution in [0.3, 0.4) is 0 Å². The quantitative estimate of drug-likeness (QED) is 0.00760. The number of aldehydes is 1. The third-order valence-corrected chi connectivity index (χ3v) is 23.3. The summed E-state index contributed by atoms with van der Waals surface area (Å²) < 4.78 is 59.5. The van der Waals surface area contributed by atoms with Gasteiger partial charge in [-0.1, -0.05) is 48.5 Å². The summed E-state index contributed by atoms with van der Waals surface area (Å²) in [5.41, 5.74) is 53.5. The van der Waals surface area contributed by atoms with Crippen LogP contribution >= 0.6 is 95.6 Å². The Morgan fingerprint density at radius 2 is 0.716 bits per heavy atom. The number of aromatic amines is 1. The van der Waals surface area contributed by atoms with Crippen molar-refractivity contribution in [3.05, 3.63) is 314 Å². The fourth-order valence-corrected chi connectivity index (χ4v) is 16.3. The van der Waals surface area contributed by atoms with Gasteiger partial charge < -0.3 is 92.8 Å². The van der Waals surface area contributed by atoms with Gasteiger partial charge in [-0.15, -0.1) is 0 Å². The number of anilines is 6. The standard InChI is InChI=1S/2C16H15BrN4O2.2C14H13BrN4O.C14H11BrN4O.C10H11N3O2.C7H8BrNO3S.C4H8O.Al.Li.4H/c1-2-23-15(22)10-6-7-13-12(8-10)20-16(18)21(13)9-11-4-3-5-14(17)19-11;1-2-23-15(22)10-6-7-12-13(8-10)21(16(18)20-12)9-11-4-3-5-14(17)19-11;15-13-3-1-2-10(17-13)7-19-12-5-4-9(8-20)6-11(12)18-14(19)16;2*15-13-3-1-2-10(17-13)7-19-12-6-9(8-20)4-5-11(12)18-14(19)16;1-2-15-9(14)6-3-4-7-8(5-6)13-10(11)12-7;1-13(10,11)12-5-6-3-2-4-7(8)9-6;1-2-4-5-3-1;;;;;;/h2*3-8H,2,9H2,1H3,(H2,18,20);2*1-6,20H,7-8H2,(H2,16,18);1-6,8H,7H2,(H2,16,18);3-5H,2H2,1H3,(H3,11,12,13);2-4H,5H2,1H3;1-4H2;;;;;;/q;;;;;;;;;+1;;;;-1. The summed E-state index contributed by atoms with van der Waals surface area (Å²) in [6.07, 6.45) is 4.37. The fourth-order valence-electron chi connectivity index (χ4n) is 13.7. The van der Waals surface area contributed by atoms with E-state index >= 15 is 0 Å². The van der Waals surface area contributed by atoms with Gasteiger partial charge in [0.2, 0.25) is 29.7 Å². The average Bonchev–Trinajstić information content (AvgIpc) is 1.67. The van der Waals surface area contributed by atoms with Crippen LogP contribution in [0.25, 0.3) is 66.2 Å². The maximum absolute atomic E-state index is 11.9. The number of ether oxygens (including phenoxy) is 4. The molecular weight excluding hydrogens is 2230 g/mol. The number of nitrogen functional groups attached to an aromatic ring is 6. The molecule has 0 atom stereocenters. The number of benzene rings is 6. The molecule has 15 N–H and O–H groups in total. The van der Waals surface area contributed by atoms with Gasteiger partial charge in [-0.25, -0.2) is 74.2 Å². The molecular formula is C95H98AlBr6LiN24O13S. The van der Waals surface area contributed by atoms with Crippen LogP contribution in [-0.2, 0) is 85.8 Å². The predicted molar refractivity (Wildman–Crippen MR) is 564 cm³/mol. The molecule has 37 nitrogen and oxygen atoms in total. The predicted octanol–water partition coefficient (Wildman–Crippen LogP) is 12.6. The van der Waals surface area contributed by atoms with Crippen molar-refractivity contribution in [1.29, 1.82) is 0 Å². The molecule has 141 heavy (non-hydrogen) atoms. The van der Waals surface area contributed by atoms with E-state index in [1.165, 1.54) is 12.8 Å². The molecule has 6 aromatic carbocycles. The van der Waals surface area contributed by atoms with Gasteiger partial charge in [-0.05, 0) is 310 Å². The second-order valence-corrected chi connectivity index (χ2v) is 36.5. The zero-order chi connectivity index (χ0) is 99.4. The van der Waals surface area contributed by atoms with E-state index in [-0.39, 0.29) is 75.4 Å². The minimum Gasteiger partial charge on any atom is -1.00 e. The number of aromatic nitrogens is 18. The van der Waals surface area contributed by atoms with Crippen LogP contribution in [-0.4, -0.2) is 187 Å². The van der Waals surface area contributed by atoms with E-state index in [0.29, 0.717) is 126 Å². The molecule has 728 valence electrons. The molecule has 0 amide bonds. The summed E-state index contributed by atoms with van der Waals surface area (Å²) in [6.45, 7) is 10.9. The molecule has 13 heterocycles. The third-order valence-electron chi connectivity index (χ3n) is 20.1. The number of nitrogens with two attached hydrogens (primary N) is 6. The number of hydrogen-bond acceptors (Lipinski definition) is 31. The van der Waals surface area contributed by atoms with Crippen LogP contribution < -0.4 is 53.3 Å². The molecule has 1 aliphatic heterocycles. The number of aliphatic hydroxyl groups is 2. The largest absolute Gasteiger partial charge is 1.00 e. The number of pyridine rings is 6. The topological polar surface area (TPSA) is 540 Å². The Morgan fingerprint density at radius 3 is 1.10 bits per heavy atom. The minimum atomic E-state index is -3.39. The number of rotatable bonds is 22. The average molecular weight is 2330 g/mol. The molecule has 0 aliphatic carbocycles. The van der Waals surface area contributed by atoms with Crippen LogP contribution in [0.1, 0.15) is 122 Å². The maximum atomic E-state index is 11.9. The number of carbonyl (C=O) groups excluding carboxylic acids is 4. The maximum Gasteiger partial charge on any atom is 1.00 e. The number of hydrogen-bond donors (Lipinski definition) is 9. The van der Waals surface area contributed by atoms with Crippen molar-refractivity contribution in [2.75, 3.05) is 73.7 Å². The molecule has 0 bridgehead atoms. The Labute approximate surface area is 883 Å². The summed E-state index contributed by atoms with van der Waals surface area (Å²) in [5, 5.41) is 18.4. The van der Waals surface area contributed by atoms with Gasteiger partial charge >= 0.3 is 36.8 Å². The molecule has 0 unspecified atom stereocenters. The number of imidazole rings is 6. The molecule has 1 fully saturated rings. The van der Waals surface area contributed by atoms with Crippen molar-refractivity contribution in [3.63, 3.8) is 0 Å². The second kappa shape index (κ2) is 53.5. The summed E-state index contributed by atoms with van der Waals surface area (Å²) in [5.74, 6) is 1.32. The van der Waals surface area contributed by atoms with Gasteiger partial charge in [0.15, 0.2) is 23.3 Å². The normalized spacial score (nSPS) is 11.3. The van der Waals surface area contributed by atoms with Crippen molar-refractivity contribution in [1.82, 2.24) is 87.6 Å². The van der Waals surface area contributed by atoms with Crippen molar-refractivity contribution in [2.45, 2.75) is 86.2 Å². The van der Waals surface area contributed by atoms with Gasteiger partial charge in [0.1, 0.15) is 40.5 Å². The number of H-pyrrole nitrogens is 1. The minimum absolute atomic E-state index is 0. The van der Waals surface area contributed by atoms with Gasteiger partial charge in [0.25, 0.3) is 10.1 Å². The summed E-state index contributed by atoms with van der Waals surface area (Å²) in [4.78, 5) is 100. The first-order chi connectivity index (χ1) is 66.8. The molecule has 12 aromatic heterocycles. The first kappa shape index (κ1) is 111. The van der Waals surface area contributed by atoms with Crippen LogP contribution in [0, 0.1) is 0 Å².